The number of aliphatic hydroxyl groups excluding tert-OH is 1. The summed E-state index contributed by atoms with van der Waals surface area (Å²) in [6, 6.07) is 8.36. The number of piperidine rings is 1. The van der Waals surface area contributed by atoms with Crippen LogP contribution in [-0.2, 0) is 12.0 Å². The molecule has 0 spiro atoms. The Kier molecular flexibility index (Phi) is 4.76. The van der Waals surface area contributed by atoms with Crippen LogP contribution in [0.15, 0.2) is 28.8 Å². The molecule has 26 heavy (non-hydrogen) atoms. The summed E-state index contributed by atoms with van der Waals surface area (Å²) in [6.07, 6.45) is 4.63. The molecule has 2 aliphatic rings. The molecule has 5 heteroatoms. The van der Waals surface area contributed by atoms with Crippen LogP contribution in [0.25, 0.3) is 0 Å². The third-order valence-corrected chi connectivity index (χ3v) is 6.11. The molecule has 2 atom stereocenters. The minimum Gasteiger partial charge on any atom is -0.396 e. The highest BCUT2D eigenvalue weighted by Gasteiger charge is 2.51. The van der Waals surface area contributed by atoms with E-state index in [9.17, 15) is 5.11 Å². The zero-order valence-corrected chi connectivity index (χ0v) is 15.8. The molecule has 2 unspecified atom stereocenters. The van der Waals surface area contributed by atoms with E-state index in [1.54, 1.807) is 0 Å². The van der Waals surface area contributed by atoms with Crippen molar-refractivity contribution in [2.24, 2.45) is 0 Å². The molecule has 5 nitrogen and oxygen atoms in total. The number of hydrogen-bond donors (Lipinski definition) is 2. The fourth-order valence-corrected chi connectivity index (χ4v) is 4.93. The molecule has 2 aliphatic heterocycles. The number of aromatic nitrogens is 1. The van der Waals surface area contributed by atoms with Gasteiger partial charge in [-0.1, -0.05) is 36.7 Å². The standard InChI is InChI=1S/C21H29N3O2/c1-3-18-20(15(2)26-23-18)21(14-24-11-7-4-8-12-24)17(13-25)16-9-5-6-10-19(16)22-21/h5-6,9-10,17,22,25H,3-4,7-8,11-14H2,1-2H3. The number of likely N-dealkylation sites (tertiary alicyclic amines) is 1. The van der Waals surface area contributed by atoms with Crippen molar-refractivity contribution in [1.82, 2.24) is 10.1 Å². The number of para-hydroxylation sites is 1. The van der Waals surface area contributed by atoms with E-state index in [-0.39, 0.29) is 12.5 Å². The van der Waals surface area contributed by atoms with Gasteiger partial charge in [0.1, 0.15) is 5.76 Å². The third kappa shape index (κ3) is 2.74. The Morgan fingerprint density at radius 2 is 2.04 bits per heavy atom. The first-order chi connectivity index (χ1) is 12.7. The van der Waals surface area contributed by atoms with Crippen molar-refractivity contribution < 1.29 is 9.63 Å². The van der Waals surface area contributed by atoms with Gasteiger partial charge in [0.05, 0.1) is 17.8 Å². The largest absolute Gasteiger partial charge is 0.396 e. The van der Waals surface area contributed by atoms with Crippen LogP contribution in [-0.4, -0.2) is 41.4 Å². The summed E-state index contributed by atoms with van der Waals surface area (Å²) in [4.78, 5) is 2.54. The summed E-state index contributed by atoms with van der Waals surface area (Å²) in [6.45, 7) is 7.31. The van der Waals surface area contributed by atoms with Crippen molar-refractivity contribution >= 4 is 5.69 Å². The monoisotopic (exact) mass is 355 g/mol. The van der Waals surface area contributed by atoms with E-state index < -0.39 is 5.54 Å². The van der Waals surface area contributed by atoms with E-state index in [1.165, 1.54) is 24.8 Å². The van der Waals surface area contributed by atoms with Crippen molar-refractivity contribution in [1.29, 1.82) is 0 Å². The van der Waals surface area contributed by atoms with Crippen molar-refractivity contribution in [3.05, 3.63) is 46.8 Å². The highest BCUT2D eigenvalue weighted by molar-refractivity contribution is 5.64. The van der Waals surface area contributed by atoms with Crippen LogP contribution in [0.5, 0.6) is 0 Å². The number of aliphatic hydroxyl groups is 1. The second-order valence-electron chi connectivity index (χ2n) is 7.67. The average Bonchev–Trinajstić information content (AvgIpc) is 3.19. The normalized spacial score (nSPS) is 25.9. The van der Waals surface area contributed by atoms with Crippen molar-refractivity contribution in [2.75, 3.05) is 31.6 Å². The van der Waals surface area contributed by atoms with Crippen LogP contribution in [0.4, 0.5) is 5.69 Å². The van der Waals surface area contributed by atoms with Gasteiger partial charge >= 0.3 is 0 Å². The first-order valence-electron chi connectivity index (χ1n) is 9.85. The number of rotatable bonds is 5. The van der Waals surface area contributed by atoms with Gasteiger partial charge in [-0.2, -0.15) is 0 Å². The molecule has 3 heterocycles. The Hall–Kier alpha value is -1.85. The lowest BCUT2D eigenvalue weighted by Gasteiger charge is -2.41. The lowest BCUT2D eigenvalue weighted by Crippen LogP contribution is -2.50. The summed E-state index contributed by atoms with van der Waals surface area (Å²) in [5.41, 5.74) is 4.05. The Balaban J connectivity index is 1.83. The molecular formula is C21H29N3O2. The fraction of sp³-hybridized carbons (Fsp3) is 0.571. The van der Waals surface area contributed by atoms with Gasteiger partial charge in [0.15, 0.2) is 0 Å². The zero-order chi connectivity index (χ0) is 18.1. The molecule has 0 radical (unpaired) electrons. The van der Waals surface area contributed by atoms with Crippen LogP contribution >= 0.6 is 0 Å². The number of nitrogens with one attached hydrogen (secondary N) is 1. The van der Waals surface area contributed by atoms with Crippen LogP contribution in [0, 0.1) is 6.92 Å². The van der Waals surface area contributed by atoms with Crippen molar-refractivity contribution in [3.8, 4) is 0 Å². The summed E-state index contributed by atoms with van der Waals surface area (Å²) in [5.74, 6) is 0.849. The maximum Gasteiger partial charge on any atom is 0.139 e. The number of nitrogens with zero attached hydrogens (tertiary/aromatic N) is 2. The number of anilines is 1. The van der Waals surface area contributed by atoms with Crippen LogP contribution in [0.1, 0.15) is 54.7 Å². The number of aryl methyl sites for hydroxylation is 2. The van der Waals surface area contributed by atoms with Gasteiger partial charge in [-0.05, 0) is 50.9 Å². The minimum absolute atomic E-state index is 0.0102. The van der Waals surface area contributed by atoms with Gasteiger partial charge in [-0.15, -0.1) is 0 Å². The zero-order valence-electron chi connectivity index (χ0n) is 15.8. The number of hydrogen-bond acceptors (Lipinski definition) is 5. The molecule has 2 N–H and O–H groups in total. The van der Waals surface area contributed by atoms with E-state index in [1.807, 2.05) is 6.92 Å². The van der Waals surface area contributed by atoms with Crippen molar-refractivity contribution in [3.63, 3.8) is 0 Å². The molecule has 1 aromatic heterocycles. The summed E-state index contributed by atoms with van der Waals surface area (Å²) < 4.78 is 5.61. The molecule has 1 fully saturated rings. The van der Waals surface area contributed by atoms with E-state index in [0.29, 0.717) is 0 Å². The van der Waals surface area contributed by atoms with Gasteiger partial charge in [-0.3, -0.25) is 0 Å². The van der Waals surface area contributed by atoms with Gasteiger partial charge < -0.3 is 19.8 Å². The maximum absolute atomic E-state index is 10.4. The molecule has 0 bridgehead atoms. The average molecular weight is 355 g/mol. The Morgan fingerprint density at radius 1 is 1.27 bits per heavy atom. The second kappa shape index (κ2) is 7.05. The number of benzene rings is 1. The van der Waals surface area contributed by atoms with Crippen LogP contribution in [0.2, 0.25) is 0 Å². The third-order valence-electron chi connectivity index (χ3n) is 6.11. The molecule has 1 saturated heterocycles. The molecular weight excluding hydrogens is 326 g/mol. The molecule has 0 amide bonds. The van der Waals surface area contributed by atoms with Crippen molar-refractivity contribution in [2.45, 2.75) is 51.0 Å². The molecule has 0 aliphatic carbocycles. The predicted octanol–water partition coefficient (Wildman–Crippen LogP) is 3.43. The van der Waals surface area contributed by atoms with Crippen LogP contribution < -0.4 is 5.32 Å². The van der Waals surface area contributed by atoms with E-state index in [0.717, 1.165) is 48.8 Å². The fourth-order valence-electron chi connectivity index (χ4n) is 4.93. The quantitative estimate of drug-likeness (QED) is 0.860. The second-order valence-corrected chi connectivity index (χ2v) is 7.67. The number of fused-ring (bicyclic) bond motifs is 1. The predicted molar refractivity (Wildman–Crippen MR) is 102 cm³/mol. The Labute approximate surface area is 155 Å². The van der Waals surface area contributed by atoms with Gasteiger partial charge in [0.2, 0.25) is 0 Å². The molecule has 0 saturated carbocycles. The summed E-state index contributed by atoms with van der Waals surface area (Å²) >= 11 is 0. The minimum atomic E-state index is -0.398. The first-order valence-corrected chi connectivity index (χ1v) is 9.85. The van der Waals surface area contributed by atoms with Gasteiger partial charge in [0, 0.05) is 23.7 Å². The molecule has 4 rings (SSSR count). The summed E-state index contributed by atoms with van der Waals surface area (Å²) in [7, 11) is 0. The Morgan fingerprint density at radius 3 is 2.77 bits per heavy atom. The molecule has 2 aromatic rings. The topological polar surface area (TPSA) is 61.5 Å². The van der Waals surface area contributed by atoms with E-state index in [4.69, 9.17) is 4.52 Å². The van der Waals surface area contributed by atoms with E-state index >= 15 is 0 Å². The van der Waals surface area contributed by atoms with Gasteiger partial charge in [-0.25, -0.2) is 0 Å². The van der Waals surface area contributed by atoms with Gasteiger partial charge in [0.25, 0.3) is 0 Å². The highest BCUT2D eigenvalue weighted by Crippen LogP contribution is 2.50. The maximum atomic E-state index is 10.4. The van der Waals surface area contributed by atoms with Crippen LogP contribution in [0.3, 0.4) is 0 Å². The lowest BCUT2D eigenvalue weighted by molar-refractivity contribution is 0.147. The summed E-state index contributed by atoms with van der Waals surface area (Å²) in [5, 5.41) is 18.6. The molecule has 140 valence electrons. The van der Waals surface area contributed by atoms with E-state index in [2.05, 4.69) is 46.6 Å². The first kappa shape index (κ1) is 17.6. The highest BCUT2D eigenvalue weighted by atomic mass is 16.5. The molecule has 1 aromatic carbocycles. The smallest absolute Gasteiger partial charge is 0.139 e. The lowest BCUT2D eigenvalue weighted by atomic mass is 9.76. The Bertz CT molecular complexity index is 766. The SMILES string of the molecule is CCc1noc(C)c1C1(CN2CCCCC2)Nc2ccccc2C1CO.